The summed E-state index contributed by atoms with van der Waals surface area (Å²) >= 11 is 0. The van der Waals surface area contributed by atoms with Crippen LogP contribution < -0.4 is 10.6 Å². The Kier molecular flexibility index (Phi) is 14.6. The summed E-state index contributed by atoms with van der Waals surface area (Å²) in [5.41, 5.74) is 0. The quantitative estimate of drug-likeness (QED) is 0.249. The second kappa shape index (κ2) is 15.1. The minimum absolute atomic E-state index is 0. The van der Waals surface area contributed by atoms with E-state index in [1.165, 1.54) is 44.9 Å². The van der Waals surface area contributed by atoms with E-state index in [0.717, 1.165) is 25.6 Å². The summed E-state index contributed by atoms with van der Waals surface area (Å²) in [6.07, 6.45) is 15.0. The van der Waals surface area contributed by atoms with Gasteiger partial charge in [0.15, 0.2) is 5.96 Å². The number of guanidine groups is 1. The number of halogens is 1. The summed E-state index contributed by atoms with van der Waals surface area (Å²) in [5.74, 6) is 0.890. The maximum Gasteiger partial charge on any atom is 0.191 e. The monoisotopic (exact) mass is 421 g/mol. The highest BCUT2D eigenvalue weighted by Crippen LogP contribution is 2.06. The molecule has 22 heavy (non-hydrogen) atoms. The van der Waals surface area contributed by atoms with Crippen LogP contribution in [0.25, 0.3) is 0 Å². The number of rotatable bonds is 11. The van der Waals surface area contributed by atoms with E-state index in [9.17, 15) is 0 Å². The normalized spacial score (nSPS) is 11.1. The van der Waals surface area contributed by atoms with Crippen molar-refractivity contribution >= 4 is 29.9 Å². The van der Waals surface area contributed by atoms with Gasteiger partial charge in [-0.25, -0.2) is 4.98 Å². The zero-order valence-corrected chi connectivity index (χ0v) is 16.4. The molecule has 128 valence electrons. The van der Waals surface area contributed by atoms with Crippen LogP contribution in [0.2, 0.25) is 0 Å². The summed E-state index contributed by atoms with van der Waals surface area (Å²) < 4.78 is 2.05. The van der Waals surface area contributed by atoms with Gasteiger partial charge in [-0.3, -0.25) is 4.99 Å². The first-order valence-corrected chi connectivity index (χ1v) is 8.27. The van der Waals surface area contributed by atoms with Crippen molar-refractivity contribution in [3.63, 3.8) is 0 Å². The SMILES string of the molecule is CCCCCCCCCNC(=NC)NCCn1ccnc1.I. The van der Waals surface area contributed by atoms with Crippen LogP contribution in [0.5, 0.6) is 0 Å². The van der Waals surface area contributed by atoms with Gasteiger partial charge in [0.1, 0.15) is 0 Å². The maximum absolute atomic E-state index is 4.23. The number of nitrogens with zero attached hydrogens (tertiary/aromatic N) is 3. The molecule has 2 N–H and O–H groups in total. The molecule has 0 aliphatic heterocycles. The molecule has 0 aromatic carbocycles. The van der Waals surface area contributed by atoms with Gasteiger partial charge in [-0.2, -0.15) is 0 Å². The van der Waals surface area contributed by atoms with E-state index < -0.39 is 0 Å². The maximum atomic E-state index is 4.23. The Morgan fingerprint density at radius 3 is 2.36 bits per heavy atom. The third-order valence-electron chi connectivity index (χ3n) is 3.52. The first kappa shape index (κ1) is 21.2. The highest BCUT2D eigenvalue weighted by atomic mass is 127. The number of nitrogens with one attached hydrogen (secondary N) is 2. The average molecular weight is 421 g/mol. The van der Waals surface area contributed by atoms with Crippen LogP contribution in [-0.4, -0.2) is 35.6 Å². The summed E-state index contributed by atoms with van der Waals surface area (Å²) in [4.78, 5) is 8.26. The summed E-state index contributed by atoms with van der Waals surface area (Å²) in [6, 6.07) is 0. The fourth-order valence-electron chi connectivity index (χ4n) is 2.23. The Bertz CT molecular complexity index is 365. The second-order valence-corrected chi connectivity index (χ2v) is 5.35. The molecular weight excluding hydrogens is 389 g/mol. The molecular formula is C16H32IN5. The van der Waals surface area contributed by atoms with Gasteiger partial charge in [-0.15, -0.1) is 24.0 Å². The zero-order chi connectivity index (χ0) is 15.2. The van der Waals surface area contributed by atoms with Crippen LogP contribution in [0.3, 0.4) is 0 Å². The minimum atomic E-state index is 0. The predicted molar refractivity (Wildman–Crippen MR) is 105 cm³/mol. The molecule has 0 aliphatic rings. The van der Waals surface area contributed by atoms with Crippen molar-refractivity contribution in [2.75, 3.05) is 20.1 Å². The summed E-state index contributed by atoms with van der Waals surface area (Å²) in [7, 11) is 1.82. The Labute approximate surface area is 152 Å². The molecule has 0 bridgehead atoms. The zero-order valence-electron chi connectivity index (χ0n) is 14.1. The van der Waals surface area contributed by atoms with Crippen LogP contribution in [0.1, 0.15) is 51.9 Å². The van der Waals surface area contributed by atoms with E-state index in [1.807, 2.05) is 19.6 Å². The Balaban J connectivity index is 0.00000441. The third kappa shape index (κ3) is 10.9. The van der Waals surface area contributed by atoms with Crippen molar-refractivity contribution < 1.29 is 0 Å². The van der Waals surface area contributed by atoms with Crippen molar-refractivity contribution in [1.29, 1.82) is 0 Å². The lowest BCUT2D eigenvalue weighted by Gasteiger charge is -2.12. The molecule has 1 rings (SSSR count). The number of aromatic nitrogens is 2. The van der Waals surface area contributed by atoms with Crippen LogP contribution in [-0.2, 0) is 6.54 Å². The van der Waals surface area contributed by atoms with Gasteiger partial charge < -0.3 is 15.2 Å². The minimum Gasteiger partial charge on any atom is -0.356 e. The van der Waals surface area contributed by atoms with E-state index in [1.54, 1.807) is 6.20 Å². The van der Waals surface area contributed by atoms with Gasteiger partial charge in [-0.1, -0.05) is 45.4 Å². The van der Waals surface area contributed by atoms with Crippen molar-refractivity contribution in [3.05, 3.63) is 18.7 Å². The summed E-state index contributed by atoms with van der Waals surface area (Å²) in [6.45, 7) is 5.01. The molecule has 1 heterocycles. The van der Waals surface area contributed by atoms with E-state index in [4.69, 9.17) is 0 Å². The van der Waals surface area contributed by atoms with Crippen molar-refractivity contribution in [2.24, 2.45) is 4.99 Å². The highest BCUT2D eigenvalue weighted by molar-refractivity contribution is 14.0. The lowest BCUT2D eigenvalue weighted by Crippen LogP contribution is -2.39. The molecule has 0 aliphatic carbocycles. The van der Waals surface area contributed by atoms with Crippen LogP contribution >= 0.6 is 24.0 Å². The van der Waals surface area contributed by atoms with E-state index >= 15 is 0 Å². The van der Waals surface area contributed by atoms with Crippen molar-refractivity contribution in [2.45, 2.75) is 58.4 Å². The Morgan fingerprint density at radius 2 is 1.73 bits per heavy atom. The largest absolute Gasteiger partial charge is 0.356 e. The molecule has 0 spiro atoms. The smallest absolute Gasteiger partial charge is 0.191 e. The topological polar surface area (TPSA) is 54.2 Å². The molecule has 0 unspecified atom stereocenters. The van der Waals surface area contributed by atoms with Crippen molar-refractivity contribution in [3.8, 4) is 0 Å². The van der Waals surface area contributed by atoms with Gasteiger partial charge in [0.05, 0.1) is 6.33 Å². The standard InChI is InChI=1S/C16H31N5.HI/c1-3-4-5-6-7-8-9-10-19-16(17-2)20-12-14-21-13-11-18-15-21;/h11,13,15H,3-10,12,14H2,1-2H3,(H2,17,19,20);1H. The third-order valence-corrected chi connectivity index (χ3v) is 3.52. The average Bonchev–Trinajstić information content (AvgIpc) is 3.01. The molecule has 0 saturated carbocycles. The first-order valence-electron chi connectivity index (χ1n) is 8.27. The second-order valence-electron chi connectivity index (χ2n) is 5.35. The van der Waals surface area contributed by atoms with Crippen molar-refractivity contribution in [1.82, 2.24) is 20.2 Å². The van der Waals surface area contributed by atoms with Gasteiger partial charge in [0.2, 0.25) is 0 Å². The van der Waals surface area contributed by atoms with Crippen LogP contribution in [0.4, 0.5) is 0 Å². The number of aliphatic imine (C=N–C) groups is 1. The van der Waals surface area contributed by atoms with E-state index in [2.05, 4.69) is 32.1 Å². The molecule has 6 heteroatoms. The van der Waals surface area contributed by atoms with Crippen LogP contribution in [0, 0.1) is 0 Å². The Morgan fingerprint density at radius 1 is 1.05 bits per heavy atom. The van der Waals surface area contributed by atoms with Crippen LogP contribution in [0.15, 0.2) is 23.7 Å². The fraction of sp³-hybridized carbons (Fsp3) is 0.750. The molecule has 1 aromatic rings. The van der Waals surface area contributed by atoms with Gasteiger partial charge in [0, 0.05) is 39.1 Å². The molecule has 0 fully saturated rings. The summed E-state index contributed by atoms with van der Waals surface area (Å²) in [5, 5.41) is 6.68. The van der Waals surface area contributed by atoms with E-state index in [0.29, 0.717) is 0 Å². The molecule has 5 nitrogen and oxygen atoms in total. The fourth-order valence-corrected chi connectivity index (χ4v) is 2.23. The number of hydrogen-bond donors (Lipinski definition) is 2. The Hall–Kier alpha value is -0.790. The van der Waals surface area contributed by atoms with Gasteiger partial charge >= 0.3 is 0 Å². The van der Waals surface area contributed by atoms with E-state index in [-0.39, 0.29) is 24.0 Å². The number of unbranched alkanes of at least 4 members (excludes halogenated alkanes) is 6. The molecule has 0 atom stereocenters. The number of imidazole rings is 1. The predicted octanol–water partition coefficient (Wildman–Crippen LogP) is 3.42. The molecule has 0 amide bonds. The highest BCUT2D eigenvalue weighted by Gasteiger charge is 1.97. The lowest BCUT2D eigenvalue weighted by atomic mass is 10.1. The lowest BCUT2D eigenvalue weighted by molar-refractivity contribution is 0.582. The first-order chi connectivity index (χ1) is 10.4. The van der Waals surface area contributed by atoms with Gasteiger partial charge in [0.25, 0.3) is 0 Å². The molecule has 0 saturated heterocycles. The molecule has 0 radical (unpaired) electrons. The number of hydrogen-bond acceptors (Lipinski definition) is 2. The van der Waals surface area contributed by atoms with Gasteiger partial charge in [-0.05, 0) is 6.42 Å². The molecule has 1 aromatic heterocycles.